The van der Waals surface area contributed by atoms with E-state index in [0.29, 0.717) is 26.1 Å². The van der Waals surface area contributed by atoms with Crippen molar-refractivity contribution in [2.45, 2.75) is 38.4 Å². The van der Waals surface area contributed by atoms with E-state index in [0.717, 1.165) is 12.8 Å². The third kappa shape index (κ3) is 4.33. The van der Waals surface area contributed by atoms with Gasteiger partial charge in [0.05, 0.1) is 25.2 Å². The van der Waals surface area contributed by atoms with E-state index in [2.05, 4.69) is 6.07 Å². The topological polar surface area (TPSA) is 62.6 Å². The summed E-state index contributed by atoms with van der Waals surface area (Å²) in [6.07, 6.45) is 1.87. The maximum atomic E-state index is 12.1. The monoisotopic (exact) mass is 240 g/mol. The molecule has 17 heavy (non-hydrogen) atoms. The van der Waals surface area contributed by atoms with Gasteiger partial charge in [-0.15, -0.1) is 0 Å². The lowest BCUT2D eigenvalue weighted by Gasteiger charge is -2.24. The molecule has 1 amide bonds. The lowest BCUT2D eigenvalue weighted by molar-refractivity contribution is -0.143. The predicted molar refractivity (Wildman–Crippen MR) is 62.3 cm³/mol. The molecule has 1 heterocycles. The fourth-order valence-corrected chi connectivity index (χ4v) is 1.91. The average molecular weight is 240 g/mol. The first-order valence-corrected chi connectivity index (χ1v) is 5.99. The first-order valence-electron chi connectivity index (χ1n) is 5.99. The Morgan fingerprint density at radius 1 is 1.53 bits per heavy atom. The van der Waals surface area contributed by atoms with Gasteiger partial charge in [-0.3, -0.25) is 4.79 Å². The first-order chi connectivity index (χ1) is 8.19. The number of nitriles is 1. The van der Waals surface area contributed by atoms with Gasteiger partial charge in [0.2, 0.25) is 0 Å². The maximum absolute atomic E-state index is 12.1. The Hall–Kier alpha value is -1.12. The van der Waals surface area contributed by atoms with Crippen LogP contribution in [0.4, 0.5) is 0 Å². The van der Waals surface area contributed by atoms with Gasteiger partial charge in [0.1, 0.15) is 6.10 Å². The van der Waals surface area contributed by atoms with E-state index in [1.54, 1.807) is 12.0 Å². The summed E-state index contributed by atoms with van der Waals surface area (Å²) in [6.45, 7) is 3.43. The van der Waals surface area contributed by atoms with Gasteiger partial charge in [-0.05, 0) is 19.8 Å². The molecule has 2 unspecified atom stereocenters. The lowest BCUT2D eigenvalue weighted by atomic mass is 10.2. The van der Waals surface area contributed by atoms with Gasteiger partial charge in [0.15, 0.2) is 0 Å². The van der Waals surface area contributed by atoms with E-state index >= 15 is 0 Å². The molecule has 0 saturated carbocycles. The summed E-state index contributed by atoms with van der Waals surface area (Å²) in [6, 6.07) is 2.05. The molecule has 0 spiro atoms. The van der Waals surface area contributed by atoms with Gasteiger partial charge in [-0.25, -0.2) is 0 Å². The normalized spacial score (nSPS) is 23.4. The summed E-state index contributed by atoms with van der Waals surface area (Å²) < 4.78 is 10.5. The molecule has 2 atom stereocenters. The minimum absolute atomic E-state index is 0.0124. The highest BCUT2D eigenvalue weighted by Crippen LogP contribution is 2.20. The number of methoxy groups -OCH3 is 1. The zero-order valence-corrected chi connectivity index (χ0v) is 10.5. The SMILES string of the molecule is COCCN(CCC#N)C(=O)C1CCC(C)O1. The zero-order chi connectivity index (χ0) is 12.7. The van der Waals surface area contributed by atoms with Gasteiger partial charge in [-0.1, -0.05) is 0 Å². The molecule has 0 aromatic carbocycles. The third-order valence-corrected chi connectivity index (χ3v) is 2.88. The molecule has 0 radical (unpaired) electrons. The number of hydrogen-bond acceptors (Lipinski definition) is 4. The van der Waals surface area contributed by atoms with E-state index in [1.165, 1.54) is 0 Å². The number of hydrogen-bond donors (Lipinski definition) is 0. The van der Waals surface area contributed by atoms with Crippen LogP contribution in [0, 0.1) is 11.3 Å². The molecule has 5 heteroatoms. The second-order valence-corrected chi connectivity index (χ2v) is 4.24. The number of carbonyl (C=O) groups is 1. The Bertz CT molecular complexity index is 288. The van der Waals surface area contributed by atoms with Crippen molar-refractivity contribution >= 4 is 5.91 Å². The van der Waals surface area contributed by atoms with Crippen molar-refractivity contribution in [1.82, 2.24) is 4.90 Å². The molecule has 0 N–H and O–H groups in total. The number of rotatable bonds is 6. The van der Waals surface area contributed by atoms with E-state index in [4.69, 9.17) is 14.7 Å². The van der Waals surface area contributed by atoms with Crippen LogP contribution < -0.4 is 0 Å². The highest BCUT2D eigenvalue weighted by Gasteiger charge is 2.31. The molecule has 0 aliphatic carbocycles. The highest BCUT2D eigenvalue weighted by molar-refractivity contribution is 5.81. The fourth-order valence-electron chi connectivity index (χ4n) is 1.91. The quantitative estimate of drug-likeness (QED) is 0.693. The minimum atomic E-state index is -0.333. The average Bonchev–Trinajstić information content (AvgIpc) is 2.75. The predicted octanol–water partition coefficient (Wildman–Crippen LogP) is 0.943. The molecule has 5 nitrogen and oxygen atoms in total. The molecule has 0 aromatic heterocycles. The summed E-state index contributed by atoms with van der Waals surface area (Å²) >= 11 is 0. The van der Waals surface area contributed by atoms with Gasteiger partial charge in [0.25, 0.3) is 5.91 Å². The van der Waals surface area contributed by atoms with Crippen LogP contribution in [-0.2, 0) is 14.3 Å². The summed E-state index contributed by atoms with van der Waals surface area (Å²) in [5.41, 5.74) is 0. The van der Waals surface area contributed by atoms with Crippen molar-refractivity contribution in [2.24, 2.45) is 0 Å². The largest absolute Gasteiger partial charge is 0.383 e. The highest BCUT2D eigenvalue weighted by atomic mass is 16.5. The summed E-state index contributed by atoms with van der Waals surface area (Å²) in [5, 5.41) is 8.58. The lowest BCUT2D eigenvalue weighted by Crippen LogP contribution is -2.41. The molecule has 1 aliphatic rings. The number of nitrogens with zero attached hydrogens (tertiary/aromatic N) is 2. The van der Waals surface area contributed by atoms with E-state index < -0.39 is 0 Å². The van der Waals surface area contributed by atoms with Crippen molar-refractivity contribution in [1.29, 1.82) is 5.26 Å². The summed E-state index contributed by atoms with van der Waals surface area (Å²) in [4.78, 5) is 13.8. The molecule has 1 fully saturated rings. The zero-order valence-electron chi connectivity index (χ0n) is 10.5. The van der Waals surface area contributed by atoms with Crippen LogP contribution in [0.15, 0.2) is 0 Å². The van der Waals surface area contributed by atoms with Crippen molar-refractivity contribution < 1.29 is 14.3 Å². The van der Waals surface area contributed by atoms with Gasteiger partial charge in [0, 0.05) is 20.2 Å². The fraction of sp³-hybridized carbons (Fsp3) is 0.833. The molecule has 1 rings (SSSR count). The number of carbonyl (C=O) groups excluding carboxylic acids is 1. The van der Waals surface area contributed by atoms with Crippen LogP contribution in [0.2, 0.25) is 0 Å². The maximum Gasteiger partial charge on any atom is 0.251 e. The molecular formula is C12H20N2O3. The number of amides is 1. The second kappa shape index (κ2) is 7.25. The molecule has 1 saturated heterocycles. The molecule has 0 aromatic rings. The van der Waals surface area contributed by atoms with Crippen molar-refractivity contribution in [2.75, 3.05) is 26.8 Å². The molecular weight excluding hydrogens is 220 g/mol. The molecule has 96 valence electrons. The summed E-state index contributed by atoms with van der Waals surface area (Å²) in [5.74, 6) is -0.0124. The smallest absolute Gasteiger partial charge is 0.251 e. The van der Waals surface area contributed by atoms with Crippen LogP contribution in [0.25, 0.3) is 0 Å². The van der Waals surface area contributed by atoms with Crippen molar-refractivity contribution in [3.8, 4) is 6.07 Å². The van der Waals surface area contributed by atoms with Gasteiger partial charge >= 0.3 is 0 Å². The Morgan fingerprint density at radius 2 is 2.29 bits per heavy atom. The van der Waals surface area contributed by atoms with Crippen LogP contribution in [0.5, 0.6) is 0 Å². The van der Waals surface area contributed by atoms with Crippen molar-refractivity contribution in [3.63, 3.8) is 0 Å². The Kier molecular flexibility index (Phi) is 5.95. The van der Waals surface area contributed by atoms with E-state index in [1.807, 2.05) is 6.92 Å². The van der Waals surface area contributed by atoms with Gasteiger partial charge in [-0.2, -0.15) is 5.26 Å². The summed E-state index contributed by atoms with van der Waals surface area (Å²) in [7, 11) is 1.60. The molecule has 0 bridgehead atoms. The standard InChI is InChI=1S/C12H20N2O3/c1-10-4-5-11(17-10)12(15)14(7-3-6-13)8-9-16-2/h10-11H,3-5,7-9H2,1-2H3. The van der Waals surface area contributed by atoms with Crippen LogP contribution >= 0.6 is 0 Å². The Labute approximate surface area is 102 Å². The first kappa shape index (κ1) is 13.9. The van der Waals surface area contributed by atoms with Gasteiger partial charge < -0.3 is 14.4 Å². The van der Waals surface area contributed by atoms with Crippen molar-refractivity contribution in [3.05, 3.63) is 0 Å². The van der Waals surface area contributed by atoms with E-state index in [-0.39, 0.29) is 18.1 Å². The van der Waals surface area contributed by atoms with Crippen LogP contribution in [0.1, 0.15) is 26.2 Å². The minimum Gasteiger partial charge on any atom is -0.383 e. The number of ether oxygens (including phenoxy) is 2. The Morgan fingerprint density at radius 3 is 2.82 bits per heavy atom. The van der Waals surface area contributed by atoms with E-state index in [9.17, 15) is 4.79 Å². The van der Waals surface area contributed by atoms with Crippen LogP contribution in [0.3, 0.4) is 0 Å². The molecule has 1 aliphatic heterocycles. The second-order valence-electron chi connectivity index (χ2n) is 4.24. The third-order valence-electron chi connectivity index (χ3n) is 2.88. The van der Waals surface area contributed by atoms with Crippen LogP contribution in [-0.4, -0.2) is 49.8 Å². The Balaban J connectivity index is 2.49.